The van der Waals surface area contributed by atoms with Gasteiger partial charge >= 0.3 is 0 Å². The van der Waals surface area contributed by atoms with Crippen LogP contribution in [0.4, 0.5) is 11.4 Å². The Morgan fingerprint density at radius 2 is 2.11 bits per heavy atom. The van der Waals surface area contributed by atoms with Crippen molar-refractivity contribution in [1.29, 1.82) is 0 Å². The van der Waals surface area contributed by atoms with Crippen LogP contribution in [0.1, 0.15) is 6.42 Å². The van der Waals surface area contributed by atoms with Crippen molar-refractivity contribution in [3.05, 3.63) is 18.2 Å². The number of nitrogens with zero attached hydrogens (tertiary/aromatic N) is 1. The van der Waals surface area contributed by atoms with Gasteiger partial charge in [0, 0.05) is 23.9 Å². The second-order valence-corrected chi connectivity index (χ2v) is 6.18. The molecule has 1 amide bonds. The van der Waals surface area contributed by atoms with Crippen molar-refractivity contribution in [2.24, 2.45) is 0 Å². The van der Waals surface area contributed by atoms with Crippen molar-refractivity contribution in [2.75, 3.05) is 17.2 Å². The fraction of sp³-hybridized carbons (Fsp3) is 0.300. The van der Waals surface area contributed by atoms with Gasteiger partial charge in [-0.1, -0.05) is 0 Å². The van der Waals surface area contributed by atoms with E-state index in [4.69, 9.17) is 10.3 Å². The summed E-state index contributed by atoms with van der Waals surface area (Å²) in [5.41, 5.74) is 5.99. The van der Waals surface area contributed by atoms with Crippen molar-refractivity contribution in [3.63, 3.8) is 0 Å². The summed E-state index contributed by atoms with van der Waals surface area (Å²) in [6.07, 6.45) is 0.225. The van der Waals surface area contributed by atoms with E-state index < -0.39 is 10.1 Å². The van der Waals surface area contributed by atoms with E-state index in [0.29, 0.717) is 5.69 Å². The summed E-state index contributed by atoms with van der Waals surface area (Å²) < 4.78 is 31.7. The highest BCUT2D eigenvalue weighted by atomic mass is 32.2. The quantitative estimate of drug-likeness (QED) is 0.419. The molecule has 1 unspecified atom stereocenters. The number of rotatable bonds is 2. The van der Waals surface area contributed by atoms with E-state index in [9.17, 15) is 13.2 Å². The van der Waals surface area contributed by atoms with E-state index >= 15 is 0 Å². The number of carbonyl (C=O) groups excluding carboxylic acids is 1. The molecule has 1 fully saturated rings. The van der Waals surface area contributed by atoms with Crippen LogP contribution in [0.5, 0.6) is 0 Å². The first-order chi connectivity index (χ1) is 8.29. The molecule has 0 aromatic heterocycles. The smallest absolute Gasteiger partial charge is 0.296 e. The lowest BCUT2D eigenvalue weighted by molar-refractivity contribution is -0.117. The zero-order valence-corrected chi connectivity index (χ0v) is 11.0. The van der Waals surface area contributed by atoms with Crippen molar-refractivity contribution >= 4 is 40.0 Å². The Morgan fingerprint density at radius 3 is 2.61 bits per heavy atom. The highest BCUT2D eigenvalue weighted by molar-refractivity contribution is 7.86. The third-order valence-corrected chi connectivity index (χ3v) is 3.90. The fourth-order valence-corrected chi connectivity index (χ4v) is 2.88. The molecule has 0 bridgehead atoms. The lowest BCUT2D eigenvalue weighted by atomic mass is 10.2. The molecule has 0 saturated carbocycles. The molecule has 1 aliphatic rings. The molecule has 1 aliphatic heterocycles. The Kier molecular flexibility index (Phi) is 3.26. The summed E-state index contributed by atoms with van der Waals surface area (Å²) in [5, 5.41) is -0.159. The second kappa shape index (κ2) is 4.45. The number of nitrogens with two attached hydrogens (primary N) is 1. The number of hydrogen-bond acceptors (Lipinski definition) is 5. The van der Waals surface area contributed by atoms with Gasteiger partial charge in [-0.05, 0) is 18.2 Å². The van der Waals surface area contributed by atoms with Crippen molar-refractivity contribution in [2.45, 2.75) is 16.6 Å². The van der Waals surface area contributed by atoms with Crippen LogP contribution in [0.3, 0.4) is 0 Å². The Bertz CT molecular complexity index is 600. The molecule has 1 aromatic carbocycles. The summed E-state index contributed by atoms with van der Waals surface area (Å²) in [6.45, 7) is 0.286. The van der Waals surface area contributed by atoms with Gasteiger partial charge in [-0.25, -0.2) is 0 Å². The maximum Gasteiger partial charge on any atom is 0.296 e. The topological polar surface area (TPSA) is 101 Å². The molecule has 2 rings (SSSR count). The van der Waals surface area contributed by atoms with Crippen LogP contribution >= 0.6 is 12.6 Å². The first-order valence-corrected chi connectivity index (χ1v) is 7.10. The van der Waals surface area contributed by atoms with Crippen molar-refractivity contribution in [3.8, 4) is 0 Å². The largest absolute Gasteiger partial charge is 0.399 e. The molecular weight excluding hydrogens is 276 g/mol. The minimum Gasteiger partial charge on any atom is -0.399 e. The number of nitrogen functional groups attached to an aromatic ring is 1. The Morgan fingerprint density at radius 1 is 1.44 bits per heavy atom. The minimum absolute atomic E-state index is 0.0963. The van der Waals surface area contributed by atoms with Crippen molar-refractivity contribution in [1.82, 2.24) is 0 Å². The van der Waals surface area contributed by atoms with Crippen molar-refractivity contribution < 1.29 is 17.8 Å². The van der Waals surface area contributed by atoms with Gasteiger partial charge in [0.1, 0.15) is 4.90 Å². The molecule has 1 atom stereocenters. The maximum atomic E-state index is 11.7. The molecule has 1 saturated heterocycles. The number of amides is 1. The molecule has 98 valence electrons. The van der Waals surface area contributed by atoms with Gasteiger partial charge in [-0.2, -0.15) is 21.0 Å². The van der Waals surface area contributed by atoms with Crippen LogP contribution in [0.15, 0.2) is 23.1 Å². The Labute approximate surface area is 110 Å². The molecule has 18 heavy (non-hydrogen) atoms. The maximum absolute atomic E-state index is 11.7. The summed E-state index contributed by atoms with van der Waals surface area (Å²) in [6, 6.07) is 3.89. The van der Waals surface area contributed by atoms with Gasteiger partial charge in [0.25, 0.3) is 10.1 Å². The molecule has 1 heterocycles. The van der Waals surface area contributed by atoms with Crippen LogP contribution < -0.4 is 10.6 Å². The van der Waals surface area contributed by atoms with Crippen LogP contribution in [0, 0.1) is 0 Å². The third-order valence-electron chi connectivity index (χ3n) is 2.66. The normalized spacial score (nSPS) is 20.4. The number of thiol groups is 1. The number of hydrogen-bond donors (Lipinski definition) is 3. The predicted octanol–water partition coefficient (Wildman–Crippen LogP) is 0.551. The predicted molar refractivity (Wildman–Crippen MR) is 70.4 cm³/mol. The zero-order chi connectivity index (χ0) is 13.5. The monoisotopic (exact) mass is 288 g/mol. The van der Waals surface area contributed by atoms with E-state index in [0.717, 1.165) is 0 Å². The second-order valence-electron chi connectivity index (χ2n) is 4.06. The average Bonchev–Trinajstić information content (AvgIpc) is 2.55. The van der Waals surface area contributed by atoms with E-state index in [2.05, 4.69) is 12.6 Å². The first kappa shape index (κ1) is 13.2. The fourth-order valence-electron chi connectivity index (χ4n) is 1.89. The Balaban J connectivity index is 2.56. The van der Waals surface area contributed by atoms with E-state index in [1.165, 1.54) is 23.1 Å². The van der Waals surface area contributed by atoms with E-state index in [-0.39, 0.29) is 34.7 Å². The molecule has 0 aliphatic carbocycles. The van der Waals surface area contributed by atoms with Crippen LogP contribution in [0.25, 0.3) is 0 Å². The SMILES string of the molecule is Nc1ccc(S(=O)(=O)O)c(N2CC(S)CC2=O)c1. The molecular formula is C10H12N2O4S2. The minimum atomic E-state index is -4.40. The zero-order valence-electron chi connectivity index (χ0n) is 9.28. The third kappa shape index (κ3) is 2.45. The average molecular weight is 288 g/mol. The molecule has 0 spiro atoms. The van der Waals surface area contributed by atoms with Gasteiger partial charge in [0.2, 0.25) is 5.91 Å². The molecule has 1 aromatic rings. The van der Waals surface area contributed by atoms with Gasteiger partial charge in [0.05, 0.1) is 5.69 Å². The summed E-state index contributed by atoms with van der Waals surface area (Å²) in [7, 11) is -4.40. The summed E-state index contributed by atoms with van der Waals surface area (Å²) >= 11 is 4.19. The first-order valence-electron chi connectivity index (χ1n) is 5.14. The molecule has 6 nitrogen and oxygen atoms in total. The molecule has 3 N–H and O–H groups in total. The lowest BCUT2D eigenvalue weighted by Gasteiger charge is -2.19. The highest BCUT2D eigenvalue weighted by Gasteiger charge is 2.32. The van der Waals surface area contributed by atoms with E-state index in [1.54, 1.807) is 0 Å². The van der Waals surface area contributed by atoms with Crippen LogP contribution in [0.2, 0.25) is 0 Å². The number of anilines is 2. The summed E-state index contributed by atoms with van der Waals surface area (Å²) in [4.78, 5) is 12.7. The molecule has 8 heteroatoms. The standard InChI is InChI=1S/C10H12N2O4S2/c11-6-1-2-9(18(14,15)16)8(3-6)12-5-7(17)4-10(12)13/h1-3,7,17H,4-5,11H2,(H,14,15,16). The lowest BCUT2D eigenvalue weighted by Crippen LogP contribution is -2.26. The summed E-state index contributed by atoms with van der Waals surface area (Å²) in [5.74, 6) is -0.245. The van der Waals surface area contributed by atoms with Gasteiger partial charge in [-0.3, -0.25) is 9.35 Å². The van der Waals surface area contributed by atoms with Crippen LogP contribution in [-0.4, -0.2) is 30.7 Å². The molecule has 0 radical (unpaired) electrons. The van der Waals surface area contributed by atoms with Crippen LogP contribution in [-0.2, 0) is 14.9 Å². The van der Waals surface area contributed by atoms with E-state index in [1.807, 2.05) is 0 Å². The Hall–Kier alpha value is -1.25. The number of benzene rings is 1. The van der Waals surface area contributed by atoms with Gasteiger partial charge in [-0.15, -0.1) is 0 Å². The highest BCUT2D eigenvalue weighted by Crippen LogP contribution is 2.31. The van der Waals surface area contributed by atoms with Gasteiger partial charge < -0.3 is 10.6 Å². The van der Waals surface area contributed by atoms with Gasteiger partial charge in [0.15, 0.2) is 0 Å². The number of carbonyl (C=O) groups is 1.